The maximum Gasteiger partial charge on any atom is 0.150 e. The van der Waals surface area contributed by atoms with Crippen LogP contribution in [-0.2, 0) is 0 Å². The Morgan fingerprint density at radius 3 is 2.83 bits per heavy atom. The van der Waals surface area contributed by atoms with E-state index in [-0.39, 0.29) is 0 Å². The topological polar surface area (TPSA) is 39.2 Å². The summed E-state index contributed by atoms with van der Waals surface area (Å²) in [5.74, 6) is 0.830. The van der Waals surface area contributed by atoms with Crippen LogP contribution in [0, 0.1) is 0 Å². The zero-order valence-electron chi connectivity index (χ0n) is 9.87. The van der Waals surface area contributed by atoms with Crippen molar-refractivity contribution in [3.05, 3.63) is 48.3 Å². The number of pyridine rings is 1. The Morgan fingerprint density at radius 1 is 1.28 bits per heavy atom. The zero-order chi connectivity index (χ0) is 12.4. The van der Waals surface area contributed by atoms with Gasteiger partial charge in [0.2, 0.25) is 0 Å². The van der Waals surface area contributed by atoms with Gasteiger partial charge in [-0.1, -0.05) is 6.07 Å². The van der Waals surface area contributed by atoms with Gasteiger partial charge in [0.1, 0.15) is 12.0 Å². The molecule has 1 fully saturated rings. The highest BCUT2D eigenvalue weighted by Gasteiger charge is 2.24. The van der Waals surface area contributed by atoms with Gasteiger partial charge in [-0.25, -0.2) is 0 Å². The summed E-state index contributed by atoms with van der Waals surface area (Å²) in [5.41, 5.74) is 2.55. The second-order valence-electron chi connectivity index (χ2n) is 4.43. The summed E-state index contributed by atoms with van der Waals surface area (Å²) in [7, 11) is 0. The smallest absolute Gasteiger partial charge is 0.150 e. The number of carbonyl (C=O) groups is 1. The SMILES string of the molecule is O=Cc1ccc(OC2CC2)c(-c2cccnc2)c1. The Labute approximate surface area is 105 Å². The summed E-state index contributed by atoms with van der Waals surface area (Å²) in [4.78, 5) is 15.0. The first kappa shape index (κ1) is 11.0. The molecule has 1 aliphatic rings. The monoisotopic (exact) mass is 239 g/mol. The lowest BCUT2D eigenvalue weighted by molar-refractivity contribution is 0.112. The highest BCUT2D eigenvalue weighted by atomic mass is 16.5. The van der Waals surface area contributed by atoms with Gasteiger partial charge in [0, 0.05) is 29.1 Å². The highest BCUT2D eigenvalue weighted by molar-refractivity contribution is 5.81. The van der Waals surface area contributed by atoms with Crippen molar-refractivity contribution in [3.8, 4) is 16.9 Å². The number of hydrogen-bond acceptors (Lipinski definition) is 3. The fourth-order valence-corrected chi connectivity index (χ4v) is 1.84. The number of hydrogen-bond donors (Lipinski definition) is 0. The number of aromatic nitrogens is 1. The van der Waals surface area contributed by atoms with E-state index in [4.69, 9.17) is 4.74 Å². The quantitative estimate of drug-likeness (QED) is 0.769. The molecule has 3 heteroatoms. The van der Waals surface area contributed by atoms with Crippen LogP contribution >= 0.6 is 0 Å². The van der Waals surface area contributed by atoms with Crippen molar-refractivity contribution in [1.29, 1.82) is 0 Å². The number of carbonyl (C=O) groups excluding carboxylic acids is 1. The van der Waals surface area contributed by atoms with Crippen molar-refractivity contribution >= 4 is 6.29 Å². The number of rotatable bonds is 4. The van der Waals surface area contributed by atoms with Crippen molar-refractivity contribution in [3.63, 3.8) is 0 Å². The molecule has 0 unspecified atom stereocenters. The Kier molecular flexibility index (Phi) is 2.81. The van der Waals surface area contributed by atoms with Crippen LogP contribution in [0.15, 0.2) is 42.7 Å². The predicted octanol–water partition coefficient (Wildman–Crippen LogP) is 3.10. The summed E-state index contributed by atoms with van der Waals surface area (Å²) in [6.07, 6.45) is 6.92. The minimum atomic E-state index is 0.336. The second-order valence-corrected chi connectivity index (χ2v) is 4.43. The lowest BCUT2D eigenvalue weighted by atomic mass is 10.0. The number of ether oxygens (including phenoxy) is 1. The van der Waals surface area contributed by atoms with E-state index in [1.54, 1.807) is 18.5 Å². The molecule has 0 aliphatic heterocycles. The third-order valence-electron chi connectivity index (χ3n) is 2.93. The van der Waals surface area contributed by atoms with E-state index >= 15 is 0 Å². The molecule has 0 N–H and O–H groups in total. The molecule has 18 heavy (non-hydrogen) atoms. The largest absolute Gasteiger partial charge is 0.490 e. The Bertz CT molecular complexity index is 562. The van der Waals surface area contributed by atoms with Crippen molar-refractivity contribution in [2.24, 2.45) is 0 Å². The number of nitrogens with zero attached hydrogens (tertiary/aromatic N) is 1. The van der Waals surface area contributed by atoms with Crippen LogP contribution in [0.5, 0.6) is 5.75 Å². The molecule has 0 atom stereocenters. The zero-order valence-corrected chi connectivity index (χ0v) is 9.87. The molecule has 0 saturated heterocycles. The van der Waals surface area contributed by atoms with Gasteiger partial charge in [-0.3, -0.25) is 9.78 Å². The second kappa shape index (κ2) is 4.61. The van der Waals surface area contributed by atoms with E-state index in [1.165, 1.54) is 0 Å². The first-order valence-corrected chi connectivity index (χ1v) is 6.03. The first-order valence-electron chi connectivity index (χ1n) is 6.03. The third-order valence-corrected chi connectivity index (χ3v) is 2.93. The van der Waals surface area contributed by atoms with Crippen LogP contribution in [0.1, 0.15) is 23.2 Å². The van der Waals surface area contributed by atoms with Gasteiger partial charge in [-0.2, -0.15) is 0 Å². The van der Waals surface area contributed by atoms with Crippen LogP contribution in [0.25, 0.3) is 11.1 Å². The molecule has 1 saturated carbocycles. The minimum absolute atomic E-state index is 0.336. The van der Waals surface area contributed by atoms with Crippen molar-refractivity contribution in [2.45, 2.75) is 18.9 Å². The van der Waals surface area contributed by atoms with Crippen molar-refractivity contribution < 1.29 is 9.53 Å². The molecule has 1 aromatic heterocycles. The minimum Gasteiger partial charge on any atom is -0.490 e. The van der Waals surface area contributed by atoms with Crippen molar-refractivity contribution in [1.82, 2.24) is 4.98 Å². The molecule has 0 amide bonds. The van der Waals surface area contributed by atoms with E-state index in [0.29, 0.717) is 11.7 Å². The number of aldehydes is 1. The van der Waals surface area contributed by atoms with Gasteiger partial charge in [-0.05, 0) is 37.1 Å². The van der Waals surface area contributed by atoms with E-state index in [9.17, 15) is 4.79 Å². The predicted molar refractivity (Wildman–Crippen MR) is 68.7 cm³/mol. The summed E-state index contributed by atoms with van der Waals surface area (Å²) in [6, 6.07) is 9.34. The third kappa shape index (κ3) is 2.25. The van der Waals surface area contributed by atoms with Crippen LogP contribution in [-0.4, -0.2) is 17.4 Å². The molecule has 1 heterocycles. The van der Waals surface area contributed by atoms with Gasteiger partial charge in [0.15, 0.2) is 0 Å². The van der Waals surface area contributed by atoms with E-state index < -0.39 is 0 Å². The van der Waals surface area contributed by atoms with Crippen LogP contribution in [0.3, 0.4) is 0 Å². The summed E-state index contributed by atoms with van der Waals surface area (Å²) in [6.45, 7) is 0. The molecule has 0 bridgehead atoms. The standard InChI is InChI=1S/C15H13NO2/c17-10-11-3-6-15(18-13-4-5-13)14(8-11)12-2-1-7-16-9-12/h1-3,6-10,13H,4-5H2. The summed E-state index contributed by atoms with van der Waals surface area (Å²) < 4.78 is 5.87. The molecule has 3 nitrogen and oxygen atoms in total. The first-order chi connectivity index (χ1) is 8.86. The maximum atomic E-state index is 10.9. The average Bonchev–Trinajstić information content (AvgIpc) is 3.24. The van der Waals surface area contributed by atoms with E-state index in [1.807, 2.05) is 24.3 Å². The Morgan fingerprint density at radius 2 is 2.17 bits per heavy atom. The molecule has 1 aliphatic carbocycles. The van der Waals surface area contributed by atoms with E-state index in [2.05, 4.69) is 4.98 Å². The van der Waals surface area contributed by atoms with Gasteiger partial charge in [0.05, 0.1) is 6.10 Å². The molecule has 0 radical (unpaired) electrons. The van der Waals surface area contributed by atoms with Crippen LogP contribution in [0.4, 0.5) is 0 Å². The van der Waals surface area contributed by atoms with E-state index in [0.717, 1.165) is 36.0 Å². The Balaban J connectivity index is 2.05. The highest BCUT2D eigenvalue weighted by Crippen LogP contribution is 2.35. The molecule has 0 spiro atoms. The fraction of sp³-hybridized carbons (Fsp3) is 0.200. The van der Waals surface area contributed by atoms with Crippen molar-refractivity contribution in [2.75, 3.05) is 0 Å². The Hall–Kier alpha value is -2.16. The molecule has 3 rings (SSSR count). The summed E-state index contributed by atoms with van der Waals surface area (Å²) >= 11 is 0. The lowest BCUT2D eigenvalue weighted by Gasteiger charge is -2.11. The van der Waals surface area contributed by atoms with Gasteiger partial charge in [0.25, 0.3) is 0 Å². The molecular weight excluding hydrogens is 226 g/mol. The molecule has 90 valence electrons. The summed E-state index contributed by atoms with van der Waals surface area (Å²) in [5, 5.41) is 0. The van der Waals surface area contributed by atoms with Gasteiger partial charge in [-0.15, -0.1) is 0 Å². The lowest BCUT2D eigenvalue weighted by Crippen LogP contribution is -1.98. The average molecular weight is 239 g/mol. The van der Waals surface area contributed by atoms with Crippen LogP contribution in [0.2, 0.25) is 0 Å². The fourth-order valence-electron chi connectivity index (χ4n) is 1.84. The van der Waals surface area contributed by atoms with Gasteiger partial charge >= 0.3 is 0 Å². The van der Waals surface area contributed by atoms with Gasteiger partial charge < -0.3 is 4.74 Å². The van der Waals surface area contributed by atoms with Crippen LogP contribution < -0.4 is 4.74 Å². The normalized spacial score (nSPS) is 14.2. The molecule has 2 aromatic rings. The maximum absolute atomic E-state index is 10.9. The molecular formula is C15H13NO2. The molecule has 1 aromatic carbocycles. The number of benzene rings is 1.